The fourth-order valence-corrected chi connectivity index (χ4v) is 4.72. The smallest absolute Gasteiger partial charge is 0.254 e. The molecule has 170 valence electrons. The Morgan fingerprint density at radius 3 is 2.25 bits per heavy atom. The van der Waals surface area contributed by atoms with Crippen LogP contribution < -0.4 is 5.32 Å². The van der Waals surface area contributed by atoms with Gasteiger partial charge in [-0.3, -0.25) is 14.5 Å². The molecule has 2 aliphatic heterocycles. The predicted octanol–water partition coefficient (Wildman–Crippen LogP) is 2.75. The van der Waals surface area contributed by atoms with E-state index in [4.69, 9.17) is 0 Å². The fourth-order valence-electron chi connectivity index (χ4n) is 4.72. The third-order valence-corrected chi connectivity index (χ3v) is 6.71. The molecule has 2 amide bonds. The number of carbonyl (C=O) groups is 2. The van der Waals surface area contributed by atoms with E-state index in [0.29, 0.717) is 25.1 Å². The number of carbonyl (C=O) groups excluding carboxylic acids is 2. The molecule has 6 nitrogen and oxygen atoms in total. The van der Waals surface area contributed by atoms with Gasteiger partial charge in [0, 0.05) is 51.4 Å². The molecule has 1 N–H and O–H groups in total. The minimum absolute atomic E-state index is 0.0573. The van der Waals surface area contributed by atoms with E-state index in [2.05, 4.69) is 40.2 Å². The summed E-state index contributed by atoms with van der Waals surface area (Å²) in [6.45, 7) is 9.74. The molecule has 4 rings (SSSR count). The molecular weight excluding hydrogens is 400 g/mol. The second-order valence-electron chi connectivity index (χ2n) is 8.72. The topological polar surface area (TPSA) is 55.9 Å². The Morgan fingerprint density at radius 1 is 0.875 bits per heavy atom. The molecule has 2 aromatic rings. The van der Waals surface area contributed by atoms with Gasteiger partial charge in [-0.15, -0.1) is 0 Å². The number of amides is 2. The van der Waals surface area contributed by atoms with Crippen molar-refractivity contribution in [2.24, 2.45) is 0 Å². The summed E-state index contributed by atoms with van der Waals surface area (Å²) in [6.07, 6.45) is 1.57. The Hall–Kier alpha value is -2.70. The highest BCUT2D eigenvalue weighted by Crippen LogP contribution is 2.21. The SMILES string of the molecule is CCN1CCN(Cc2ccccc2CNC(=O)C2CCCN2C(=O)c2ccccc2)CC1. The Labute approximate surface area is 191 Å². The van der Waals surface area contributed by atoms with E-state index in [1.54, 1.807) is 4.90 Å². The van der Waals surface area contributed by atoms with Crippen molar-refractivity contribution >= 4 is 11.8 Å². The van der Waals surface area contributed by atoms with Crippen molar-refractivity contribution in [1.29, 1.82) is 0 Å². The number of benzene rings is 2. The van der Waals surface area contributed by atoms with Gasteiger partial charge in [0.15, 0.2) is 0 Å². The van der Waals surface area contributed by atoms with Crippen LogP contribution in [0.2, 0.25) is 0 Å². The summed E-state index contributed by atoms with van der Waals surface area (Å²) in [5.74, 6) is -0.118. The first kappa shape index (κ1) is 22.5. The molecule has 6 heteroatoms. The number of rotatable bonds is 7. The van der Waals surface area contributed by atoms with Crippen LogP contribution >= 0.6 is 0 Å². The van der Waals surface area contributed by atoms with Crippen LogP contribution in [0.25, 0.3) is 0 Å². The van der Waals surface area contributed by atoms with Crippen LogP contribution in [0.1, 0.15) is 41.3 Å². The van der Waals surface area contributed by atoms with Gasteiger partial charge in [-0.25, -0.2) is 0 Å². The largest absolute Gasteiger partial charge is 0.350 e. The summed E-state index contributed by atoms with van der Waals surface area (Å²) >= 11 is 0. The lowest BCUT2D eigenvalue weighted by atomic mass is 10.1. The van der Waals surface area contributed by atoms with Crippen molar-refractivity contribution in [3.05, 3.63) is 71.3 Å². The minimum Gasteiger partial charge on any atom is -0.350 e. The Balaban J connectivity index is 1.35. The van der Waals surface area contributed by atoms with E-state index >= 15 is 0 Å². The Morgan fingerprint density at radius 2 is 1.53 bits per heavy atom. The van der Waals surface area contributed by atoms with Crippen LogP contribution in [0.15, 0.2) is 54.6 Å². The monoisotopic (exact) mass is 434 g/mol. The summed E-state index contributed by atoms with van der Waals surface area (Å²) < 4.78 is 0. The van der Waals surface area contributed by atoms with Gasteiger partial charge in [-0.2, -0.15) is 0 Å². The molecule has 0 bridgehead atoms. The lowest BCUT2D eigenvalue weighted by Crippen LogP contribution is -2.46. The normalized spacial score (nSPS) is 19.8. The highest BCUT2D eigenvalue weighted by molar-refractivity contribution is 5.97. The number of hydrogen-bond donors (Lipinski definition) is 1. The summed E-state index contributed by atoms with van der Waals surface area (Å²) in [5.41, 5.74) is 3.06. The lowest BCUT2D eigenvalue weighted by Gasteiger charge is -2.34. The van der Waals surface area contributed by atoms with E-state index in [9.17, 15) is 9.59 Å². The zero-order chi connectivity index (χ0) is 22.3. The van der Waals surface area contributed by atoms with Gasteiger partial charge in [-0.1, -0.05) is 49.4 Å². The molecule has 0 radical (unpaired) electrons. The number of likely N-dealkylation sites (N-methyl/N-ethyl adjacent to an activating group) is 1. The van der Waals surface area contributed by atoms with Gasteiger partial charge in [0.1, 0.15) is 6.04 Å². The number of piperazine rings is 1. The molecule has 1 unspecified atom stereocenters. The van der Waals surface area contributed by atoms with Crippen molar-refractivity contribution in [2.75, 3.05) is 39.3 Å². The maximum absolute atomic E-state index is 13.0. The van der Waals surface area contributed by atoms with E-state index < -0.39 is 6.04 Å². The van der Waals surface area contributed by atoms with Crippen molar-refractivity contribution < 1.29 is 9.59 Å². The Kier molecular flexibility index (Phi) is 7.55. The average Bonchev–Trinajstić information content (AvgIpc) is 3.34. The van der Waals surface area contributed by atoms with Crippen LogP contribution in [0.3, 0.4) is 0 Å². The van der Waals surface area contributed by atoms with Gasteiger partial charge >= 0.3 is 0 Å². The number of nitrogens with one attached hydrogen (secondary N) is 1. The van der Waals surface area contributed by atoms with Gasteiger partial charge in [-0.05, 0) is 42.6 Å². The Bertz CT molecular complexity index is 909. The van der Waals surface area contributed by atoms with E-state index in [0.717, 1.165) is 51.3 Å². The molecule has 32 heavy (non-hydrogen) atoms. The van der Waals surface area contributed by atoms with Crippen LogP contribution in [0, 0.1) is 0 Å². The van der Waals surface area contributed by atoms with Crippen LogP contribution in [-0.4, -0.2) is 71.8 Å². The second-order valence-corrected chi connectivity index (χ2v) is 8.72. The summed E-state index contributed by atoms with van der Waals surface area (Å²) in [5, 5.41) is 3.11. The number of hydrogen-bond acceptors (Lipinski definition) is 4. The molecule has 1 atom stereocenters. The molecule has 2 saturated heterocycles. The van der Waals surface area contributed by atoms with Crippen LogP contribution in [0.4, 0.5) is 0 Å². The quantitative estimate of drug-likeness (QED) is 0.728. The predicted molar refractivity (Wildman–Crippen MR) is 126 cm³/mol. The van der Waals surface area contributed by atoms with Crippen LogP contribution in [-0.2, 0) is 17.9 Å². The van der Waals surface area contributed by atoms with Crippen molar-refractivity contribution in [3.63, 3.8) is 0 Å². The van der Waals surface area contributed by atoms with Gasteiger partial charge in [0.25, 0.3) is 5.91 Å². The molecule has 0 aromatic heterocycles. The van der Waals surface area contributed by atoms with Crippen molar-refractivity contribution in [3.8, 4) is 0 Å². The molecule has 2 fully saturated rings. The van der Waals surface area contributed by atoms with Gasteiger partial charge in [0.05, 0.1) is 0 Å². The zero-order valence-electron chi connectivity index (χ0n) is 19.0. The van der Waals surface area contributed by atoms with E-state index in [-0.39, 0.29) is 11.8 Å². The van der Waals surface area contributed by atoms with Crippen molar-refractivity contribution in [2.45, 2.75) is 38.9 Å². The fraction of sp³-hybridized carbons (Fsp3) is 0.462. The highest BCUT2D eigenvalue weighted by atomic mass is 16.2. The molecule has 2 aliphatic rings. The number of nitrogens with zero attached hydrogens (tertiary/aromatic N) is 3. The molecule has 0 spiro atoms. The first-order valence-corrected chi connectivity index (χ1v) is 11.8. The number of likely N-dealkylation sites (tertiary alicyclic amines) is 1. The van der Waals surface area contributed by atoms with Crippen molar-refractivity contribution in [1.82, 2.24) is 20.0 Å². The molecule has 2 aromatic carbocycles. The standard InChI is InChI=1S/C26H34N4O2/c1-2-28-15-17-29(18-16-28)20-23-12-7-6-11-22(23)19-27-25(31)24-13-8-14-30(24)26(32)21-9-4-3-5-10-21/h3-7,9-12,24H,2,8,13-20H2,1H3,(H,27,31). The first-order chi connectivity index (χ1) is 15.7. The molecular formula is C26H34N4O2. The third-order valence-electron chi connectivity index (χ3n) is 6.71. The van der Waals surface area contributed by atoms with Gasteiger partial charge < -0.3 is 15.1 Å². The van der Waals surface area contributed by atoms with E-state index in [1.165, 1.54) is 5.56 Å². The molecule has 2 heterocycles. The lowest BCUT2D eigenvalue weighted by molar-refractivity contribution is -0.125. The van der Waals surface area contributed by atoms with Crippen LogP contribution in [0.5, 0.6) is 0 Å². The zero-order valence-corrected chi connectivity index (χ0v) is 19.0. The molecule has 0 aliphatic carbocycles. The third kappa shape index (κ3) is 5.37. The van der Waals surface area contributed by atoms with Gasteiger partial charge in [0.2, 0.25) is 5.91 Å². The summed E-state index contributed by atoms with van der Waals surface area (Å²) in [6, 6.07) is 17.2. The summed E-state index contributed by atoms with van der Waals surface area (Å²) in [4.78, 5) is 32.6. The highest BCUT2D eigenvalue weighted by Gasteiger charge is 2.34. The molecule has 0 saturated carbocycles. The van der Waals surface area contributed by atoms with E-state index in [1.807, 2.05) is 36.4 Å². The second kappa shape index (κ2) is 10.7. The maximum Gasteiger partial charge on any atom is 0.254 e. The summed E-state index contributed by atoms with van der Waals surface area (Å²) in [7, 11) is 0. The average molecular weight is 435 g/mol. The minimum atomic E-state index is -0.392. The maximum atomic E-state index is 13.0. The first-order valence-electron chi connectivity index (χ1n) is 11.8.